The van der Waals surface area contributed by atoms with Crippen molar-refractivity contribution in [3.8, 4) is 5.75 Å². The highest BCUT2D eigenvalue weighted by atomic mass is 16.5. The Morgan fingerprint density at radius 2 is 2.17 bits per heavy atom. The first-order valence-corrected chi connectivity index (χ1v) is 6.51. The summed E-state index contributed by atoms with van der Waals surface area (Å²) in [6, 6.07) is 8.52. The summed E-state index contributed by atoms with van der Waals surface area (Å²) in [4.78, 5) is 0. The van der Waals surface area contributed by atoms with Gasteiger partial charge >= 0.3 is 0 Å². The minimum absolute atomic E-state index is 0.143. The highest BCUT2D eigenvalue weighted by Crippen LogP contribution is 2.20. The van der Waals surface area contributed by atoms with Crippen molar-refractivity contribution >= 4 is 0 Å². The predicted octanol–water partition coefficient (Wildman–Crippen LogP) is 1.91. The summed E-state index contributed by atoms with van der Waals surface area (Å²) in [5.41, 5.74) is 2.10. The van der Waals surface area contributed by atoms with Gasteiger partial charge in [0.25, 0.3) is 0 Å². The Labute approximate surface area is 108 Å². The van der Waals surface area contributed by atoms with Crippen molar-refractivity contribution in [3.05, 3.63) is 42.0 Å². The summed E-state index contributed by atoms with van der Waals surface area (Å²) in [5.74, 6) is 0.846. The van der Waals surface area contributed by atoms with Gasteiger partial charge in [0.05, 0.1) is 0 Å². The van der Waals surface area contributed by atoms with E-state index < -0.39 is 0 Å². The van der Waals surface area contributed by atoms with E-state index in [0.717, 1.165) is 23.4 Å². The van der Waals surface area contributed by atoms with Crippen molar-refractivity contribution in [1.82, 2.24) is 5.32 Å². The number of aliphatic hydroxyl groups excluding tert-OH is 1. The van der Waals surface area contributed by atoms with Crippen LogP contribution < -0.4 is 10.1 Å². The van der Waals surface area contributed by atoms with Crippen LogP contribution in [-0.2, 0) is 6.42 Å². The van der Waals surface area contributed by atoms with Crippen LogP contribution in [0.25, 0.3) is 0 Å². The maximum Gasteiger partial charge on any atom is 0.123 e. The van der Waals surface area contributed by atoms with Gasteiger partial charge in [0.2, 0.25) is 0 Å². The number of rotatable bonds is 8. The minimum atomic E-state index is 0.143. The van der Waals surface area contributed by atoms with Crippen molar-refractivity contribution in [2.24, 2.45) is 0 Å². The number of hydrogen-bond acceptors (Lipinski definition) is 3. The number of hydrogen-bond donors (Lipinski definition) is 2. The first kappa shape index (κ1) is 13.1. The van der Waals surface area contributed by atoms with E-state index in [-0.39, 0.29) is 6.61 Å². The summed E-state index contributed by atoms with van der Waals surface area (Å²) >= 11 is 0. The largest absolute Gasteiger partial charge is 0.489 e. The fraction of sp³-hybridized carbons (Fsp3) is 0.467. The summed E-state index contributed by atoms with van der Waals surface area (Å²) in [6.07, 6.45) is 3.20. The zero-order chi connectivity index (χ0) is 12.8. The Morgan fingerprint density at radius 3 is 2.89 bits per heavy atom. The Morgan fingerprint density at radius 1 is 1.39 bits per heavy atom. The second kappa shape index (κ2) is 6.57. The maximum atomic E-state index is 8.99. The van der Waals surface area contributed by atoms with Crippen LogP contribution >= 0.6 is 0 Å². The van der Waals surface area contributed by atoms with Crippen LogP contribution in [0.15, 0.2) is 36.4 Å². The lowest BCUT2D eigenvalue weighted by Crippen LogP contribution is -2.21. The van der Waals surface area contributed by atoms with Crippen LogP contribution in [0.1, 0.15) is 18.4 Å². The van der Waals surface area contributed by atoms with Crippen LogP contribution in [0.4, 0.5) is 0 Å². The lowest BCUT2D eigenvalue weighted by molar-refractivity contribution is 0.293. The van der Waals surface area contributed by atoms with E-state index in [1.165, 1.54) is 12.8 Å². The quantitative estimate of drug-likeness (QED) is 0.689. The fourth-order valence-corrected chi connectivity index (χ4v) is 1.78. The summed E-state index contributed by atoms with van der Waals surface area (Å²) in [5, 5.41) is 12.4. The van der Waals surface area contributed by atoms with Crippen LogP contribution in [0, 0.1) is 0 Å². The lowest BCUT2D eigenvalue weighted by Gasteiger charge is -2.12. The number of para-hydroxylation sites is 1. The zero-order valence-electron chi connectivity index (χ0n) is 10.7. The summed E-state index contributed by atoms with van der Waals surface area (Å²) in [6.45, 7) is 5.51. The molecule has 0 heterocycles. The summed E-state index contributed by atoms with van der Waals surface area (Å²) < 4.78 is 5.75. The SMILES string of the molecule is C=C(CNC1CC1)COc1ccccc1CCO. The van der Waals surface area contributed by atoms with Gasteiger partial charge < -0.3 is 15.2 Å². The Bertz CT molecular complexity index is 399. The molecule has 1 aliphatic carbocycles. The van der Waals surface area contributed by atoms with E-state index in [4.69, 9.17) is 9.84 Å². The first-order valence-electron chi connectivity index (χ1n) is 6.51. The highest BCUT2D eigenvalue weighted by Gasteiger charge is 2.20. The molecule has 3 nitrogen and oxygen atoms in total. The third kappa shape index (κ3) is 4.17. The van der Waals surface area contributed by atoms with E-state index in [9.17, 15) is 0 Å². The molecule has 0 bridgehead atoms. The van der Waals surface area contributed by atoms with E-state index in [0.29, 0.717) is 19.1 Å². The second-order valence-electron chi connectivity index (χ2n) is 4.78. The molecule has 0 spiro atoms. The summed E-state index contributed by atoms with van der Waals surface area (Å²) in [7, 11) is 0. The molecule has 0 amide bonds. The topological polar surface area (TPSA) is 41.5 Å². The highest BCUT2D eigenvalue weighted by molar-refractivity contribution is 5.33. The van der Waals surface area contributed by atoms with Gasteiger partial charge in [0.1, 0.15) is 12.4 Å². The molecule has 0 saturated heterocycles. The van der Waals surface area contributed by atoms with Crippen LogP contribution in [0.2, 0.25) is 0 Å². The third-order valence-corrected chi connectivity index (χ3v) is 3.00. The van der Waals surface area contributed by atoms with Crippen LogP contribution in [-0.4, -0.2) is 30.9 Å². The van der Waals surface area contributed by atoms with E-state index in [1.807, 2.05) is 24.3 Å². The van der Waals surface area contributed by atoms with Gasteiger partial charge in [0, 0.05) is 19.2 Å². The van der Waals surface area contributed by atoms with Gasteiger partial charge in [-0.15, -0.1) is 0 Å². The van der Waals surface area contributed by atoms with Gasteiger partial charge in [-0.1, -0.05) is 24.8 Å². The van der Waals surface area contributed by atoms with Crippen molar-refractivity contribution in [1.29, 1.82) is 0 Å². The average Bonchev–Trinajstić information content (AvgIpc) is 3.20. The third-order valence-electron chi connectivity index (χ3n) is 3.00. The number of benzene rings is 1. The number of ether oxygens (including phenoxy) is 1. The molecule has 0 aromatic heterocycles. The van der Waals surface area contributed by atoms with Gasteiger partial charge in [0.15, 0.2) is 0 Å². The van der Waals surface area contributed by atoms with Gasteiger partial charge in [-0.2, -0.15) is 0 Å². The maximum absolute atomic E-state index is 8.99. The number of aliphatic hydroxyl groups is 1. The molecule has 1 aliphatic rings. The molecule has 1 aromatic carbocycles. The normalized spacial score (nSPS) is 14.5. The molecule has 0 aliphatic heterocycles. The fourth-order valence-electron chi connectivity index (χ4n) is 1.78. The molecular weight excluding hydrogens is 226 g/mol. The van der Waals surface area contributed by atoms with Crippen molar-refractivity contribution < 1.29 is 9.84 Å². The average molecular weight is 247 g/mol. The van der Waals surface area contributed by atoms with Crippen LogP contribution in [0.3, 0.4) is 0 Å². The monoisotopic (exact) mass is 247 g/mol. The molecule has 2 rings (SSSR count). The molecule has 98 valence electrons. The molecule has 0 radical (unpaired) electrons. The first-order chi connectivity index (χ1) is 8.79. The Balaban J connectivity index is 1.78. The Kier molecular flexibility index (Phi) is 4.79. The van der Waals surface area contributed by atoms with Gasteiger partial charge in [-0.3, -0.25) is 0 Å². The molecule has 1 fully saturated rings. The minimum Gasteiger partial charge on any atom is -0.489 e. The predicted molar refractivity (Wildman–Crippen MR) is 72.9 cm³/mol. The number of nitrogens with one attached hydrogen (secondary N) is 1. The van der Waals surface area contributed by atoms with Gasteiger partial charge in [-0.05, 0) is 36.5 Å². The second-order valence-corrected chi connectivity index (χ2v) is 4.78. The molecule has 1 aromatic rings. The van der Waals surface area contributed by atoms with E-state index in [2.05, 4.69) is 11.9 Å². The van der Waals surface area contributed by atoms with Crippen molar-refractivity contribution in [2.75, 3.05) is 19.8 Å². The smallest absolute Gasteiger partial charge is 0.123 e. The van der Waals surface area contributed by atoms with Crippen LogP contribution in [0.5, 0.6) is 5.75 Å². The molecule has 3 heteroatoms. The van der Waals surface area contributed by atoms with Gasteiger partial charge in [-0.25, -0.2) is 0 Å². The molecule has 1 saturated carbocycles. The zero-order valence-corrected chi connectivity index (χ0v) is 10.7. The van der Waals surface area contributed by atoms with Crippen molar-refractivity contribution in [2.45, 2.75) is 25.3 Å². The van der Waals surface area contributed by atoms with E-state index in [1.54, 1.807) is 0 Å². The molecule has 0 atom stereocenters. The van der Waals surface area contributed by atoms with E-state index >= 15 is 0 Å². The van der Waals surface area contributed by atoms with Crippen molar-refractivity contribution in [3.63, 3.8) is 0 Å². The molecule has 2 N–H and O–H groups in total. The standard InChI is InChI=1S/C15H21NO2/c1-12(10-16-14-6-7-14)11-18-15-5-3-2-4-13(15)8-9-17/h2-5,14,16-17H,1,6-11H2. The lowest BCUT2D eigenvalue weighted by atomic mass is 10.1. The molecule has 18 heavy (non-hydrogen) atoms. The molecule has 0 unspecified atom stereocenters. The molecular formula is C15H21NO2. The Hall–Kier alpha value is -1.32.